The summed E-state index contributed by atoms with van der Waals surface area (Å²) in [7, 11) is 0. The Labute approximate surface area is 183 Å². The molecule has 2 saturated heterocycles. The standard InChI is InChI=1S/C24H31N3O2S/c1-18-6-2-3-13-26(18)16-19-9-11-21(12-10-19)25-23(28)20-7-4-14-27(17-20)24(29)22-8-5-15-30-22/h5,8-12,15,18,20H,2-4,6-7,13-14,16-17H2,1H3,(H,25,28). The van der Waals surface area contributed by atoms with E-state index in [9.17, 15) is 9.59 Å². The molecule has 3 heterocycles. The number of nitrogens with one attached hydrogen (secondary N) is 1. The molecular formula is C24H31N3O2S. The Bertz CT molecular complexity index is 850. The highest BCUT2D eigenvalue weighted by Gasteiger charge is 2.29. The number of hydrogen-bond donors (Lipinski definition) is 1. The average Bonchev–Trinajstić information content (AvgIpc) is 3.31. The van der Waals surface area contributed by atoms with Crippen molar-refractivity contribution in [1.82, 2.24) is 9.80 Å². The van der Waals surface area contributed by atoms with Crippen LogP contribution in [0.15, 0.2) is 41.8 Å². The predicted octanol–water partition coefficient (Wildman–Crippen LogP) is 4.61. The van der Waals surface area contributed by atoms with Crippen LogP contribution in [0.4, 0.5) is 5.69 Å². The summed E-state index contributed by atoms with van der Waals surface area (Å²) in [6, 6.07) is 12.6. The van der Waals surface area contributed by atoms with E-state index in [0.717, 1.165) is 36.5 Å². The Morgan fingerprint density at radius 2 is 1.90 bits per heavy atom. The quantitative estimate of drug-likeness (QED) is 0.761. The van der Waals surface area contributed by atoms with E-state index in [1.807, 2.05) is 34.5 Å². The van der Waals surface area contributed by atoms with Crippen LogP contribution in [0.2, 0.25) is 0 Å². The van der Waals surface area contributed by atoms with E-state index >= 15 is 0 Å². The highest BCUT2D eigenvalue weighted by molar-refractivity contribution is 7.12. The van der Waals surface area contributed by atoms with Gasteiger partial charge in [-0.3, -0.25) is 14.5 Å². The zero-order valence-electron chi connectivity index (χ0n) is 17.7. The van der Waals surface area contributed by atoms with Gasteiger partial charge in [0.25, 0.3) is 5.91 Å². The first kappa shape index (κ1) is 21.1. The maximum absolute atomic E-state index is 12.8. The number of rotatable bonds is 5. The van der Waals surface area contributed by atoms with Crippen LogP contribution in [0.1, 0.15) is 54.3 Å². The van der Waals surface area contributed by atoms with Gasteiger partial charge >= 0.3 is 0 Å². The molecule has 6 heteroatoms. The van der Waals surface area contributed by atoms with Crippen molar-refractivity contribution in [3.05, 3.63) is 52.2 Å². The van der Waals surface area contributed by atoms with Gasteiger partial charge in [-0.25, -0.2) is 0 Å². The number of thiophene rings is 1. The molecule has 2 amide bonds. The van der Waals surface area contributed by atoms with E-state index < -0.39 is 0 Å². The first-order chi connectivity index (χ1) is 14.6. The number of amides is 2. The summed E-state index contributed by atoms with van der Waals surface area (Å²) in [4.78, 5) is 30.5. The fraction of sp³-hybridized carbons (Fsp3) is 0.500. The van der Waals surface area contributed by atoms with Gasteiger partial charge in [-0.05, 0) is 68.3 Å². The molecule has 0 spiro atoms. The highest BCUT2D eigenvalue weighted by Crippen LogP contribution is 2.23. The van der Waals surface area contributed by atoms with E-state index in [1.54, 1.807) is 0 Å². The smallest absolute Gasteiger partial charge is 0.263 e. The van der Waals surface area contributed by atoms with Crippen molar-refractivity contribution in [1.29, 1.82) is 0 Å². The summed E-state index contributed by atoms with van der Waals surface area (Å²) in [5.41, 5.74) is 2.12. The first-order valence-corrected chi connectivity index (χ1v) is 11.9. The molecule has 2 unspecified atom stereocenters. The summed E-state index contributed by atoms with van der Waals surface area (Å²) < 4.78 is 0. The van der Waals surface area contributed by atoms with Crippen LogP contribution in [-0.2, 0) is 11.3 Å². The van der Waals surface area contributed by atoms with Crippen molar-refractivity contribution in [2.75, 3.05) is 25.0 Å². The summed E-state index contributed by atoms with van der Waals surface area (Å²) in [6.45, 7) is 5.67. The lowest BCUT2D eigenvalue weighted by molar-refractivity contribution is -0.121. The van der Waals surface area contributed by atoms with Gasteiger partial charge in [-0.2, -0.15) is 0 Å². The molecule has 2 aliphatic heterocycles. The molecule has 2 atom stereocenters. The molecule has 1 aromatic carbocycles. The third-order valence-corrected chi connectivity index (χ3v) is 7.22. The Kier molecular flexibility index (Phi) is 6.85. The van der Waals surface area contributed by atoms with E-state index in [-0.39, 0.29) is 17.7 Å². The Morgan fingerprint density at radius 3 is 2.63 bits per heavy atom. The van der Waals surface area contributed by atoms with Gasteiger partial charge < -0.3 is 10.2 Å². The zero-order chi connectivity index (χ0) is 20.9. The number of hydrogen-bond acceptors (Lipinski definition) is 4. The summed E-state index contributed by atoms with van der Waals surface area (Å²) in [5.74, 6) is -0.105. The number of carbonyl (C=O) groups excluding carboxylic acids is 2. The summed E-state index contributed by atoms with van der Waals surface area (Å²) in [5, 5.41) is 4.97. The lowest BCUT2D eigenvalue weighted by Crippen LogP contribution is -2.43. The second kappa shape index (κ2) is 9.75. The van der Waals surface area contributed by atoms with E-state index in [0.29, 0.717) is 12.6 Å². The van der Waals surface area contributed by atoms with Gasteiger partial charge in [0, 0.05) is 31.4 Å². The van der Waals surface area contributed by atoms with Crippen molar-refractivity contribution in [2.45, 2.75) is 51.6 Å². The van der Waals surface area contributed by atoms with Crippen LogP contribution in [0.25, 0.3) is 0 Å². The van der Waals surface area contributed by atoms with Crippen molar-refractivity contribution in [3.63, 3.8) is 0 Å². The van der Waals surface area contributed by atoms with E-state index in [2.05, 4.69) is 29.3 Å². The van der Waals surface area contributed by atoms with Gasteiger partial charge in [0.1, 0.15) is 0 Å². The molecular weight excluding hydrogens is 394 g/mol. The van der Waals surface area contributed by atoms with Gasteiger partial charge in [0.05, 0.1) is 10.8 Å². The molecule has 30 heavy (non-hydrogen) atoms. The van der Waals surface area contributed by atoms with Gasteiger partial charge in [0.15, 0.2) is 0 Å². The lowest BCUT2D eigenvalue weighted by atomic mass is 9.96. The molecule has 0 radical (unpaired) electrons. The Hall–Kier alpha value is -2.18. The molecule has 0 aliphatic carbocycles. The molecule has 4 rings (SSSR count). The van der Waals surface area contributed by atoms with Crippen molar-refractivity contribution in [2.24, 2.45) is 5.92 Å². The largest absolute Gasteiger partial charge is 0.337 e. The molecule has 2 aliphatic rings. The van der Waals surface area contributed by atoms with E-state index in [1.165, 1.54) is 42.7 Å². The second-order valence-corrected chi connectivity index (χ2v) is 9.52. The third kappa shape index (κ3) is 5.10. The Balaban J connectivity index is 1.31. The molecule has 0 saturated carbocycles. The number of nitrogens with zero attached hydrogens (tertiary/aromatic N) is 2. The fourth-order valence-corrected chi connectivity index (χ4v) is 5.19. The summed E-state index contributed by atoms with van der Waals surface area (Å²) >= 11 is 1.46. The normalized spacial score (nSPS) is 22.6. The monoisotopic (exact) mass is 425 g/mol. The molecule has 160 valence electrons. The van der Waals surface area contributed by atoms with Gasteiger partial charge in [-0.1, -0.05) is 24.6 Å². The topological polar surface area (TPSA) is 52.7 Å². The number of carbonyl (C=O) groups is 2. The zero-order valence-corrected chi connectivity index (χ0v) is 18.5. The second-order valence-electron chi connectivity index (χ2n) is 8.57. The van der Waals surface area contributed by atoms with Crippen LogP contribution in [0.5, 0.6) is 0 Å². The molecule has 2 fully saturated rings. The molecule has 1 aromatic heterocycles. The average molecular weight is 426 g/mol. The minimum atomic E-state index is -0.156. The minimum Gasteiger partial charge on any atom is -0.337 e. The number of piperidine rings is 2. The van der Waals surface area contributed by atoms with Crippen LogP contribution in [0.3, 0.4) is 0 Å². The van der Waals surface area contributed by atoms with Crippen molar-refractivity contribution >= 4 is 28.8 Å². The maximum atomic E-state index is 12.8. The number of likely N-dealkylation sites (tertiary alicyclic amines) is 2. The molecule has 1 N–H and O–H groups in total. The number of benzene rings is 1. The molecule has 0 bridgehead atoms. The lowest BCUT2D eigenvalue weighted by Gasteiger charge is -2.33. The van der Waals surface area contributed by atoms with E-state index in [4.69, 9.17) is 0 Å². The van der Waals surface area contributed by atoms with Gasteiger partial charge in [-0.15, -0.1) is 11.3 Å². The van der Waals surface area contributed by atoms with Crippen LogP contribution in [0, 0.1) is 5.92 Å². The number of anilines is 1. The Morgan fingerprint density at radius 1 is 1.07 bits per heavy atom. The third-order valence-electron chi connectivity index (χ3n) is 6.36. The van der Waals surface area contributed by atoms with Crippen LogP contribution >= 0.6 is 11.3 Å². The summed E-state index contributed by atoms with van der Waals surface area (Å²) in [6.07, 6.45) is 5.58. The fourth-order valence-electron chi connectivity index (χ4n) is 4.50. The van der Waals surface area contributed by atoms with Gasteiger partial charge in [0.2, 0.25) is 5.91 Å². The predicted molar refractivity (Wildman–Crippen MR) is 122 cm³/mol. The first-order valence-electron chi connectivity index (χ1n) is 11.1. The minimum absolute atomic E-state index is 0.0103. The van der Waals surface area contributed by atoms with Crippen LogP contribution < -0.4 is 5.32 Å². The van der Waals surface area contributed by atoms with Crippen LogP contribution in [-0.4, -0.2) is 47.3 Å². The van der Waals surface area contributed by atoms with Crippen molar-refractivity contribution < 1.29 is 9.59 Å². The van der Waals surface area contributed by atoms with Crippen molar-refractivity contribution in [3.8, 4) is 0 Å². The molecule has 2 aromatic rings. The molecule has 5 nitrogen and oxygen atoms in total. The SMILES string of the molecule is CC1CCCCN1Cc1ccc(NC(=O)C2CCCN(C(=O)c3cccs3)C2)cc1. The highest BCUT2D eigenvalue weighted by atomic mass is 32.1. The maximum Gasteiger partial charge on any atom is 0.263 e.